The fourth-order valence-corrected chi connectivity index (χ4v) is 3.72. The van der Waals surface area contributed by atoms with Crippen molar-refractivity contribution in [3.63, 3.8) is 0 Å². The lowest BCUT2D eigenvalue weighted by molar-refractivity contribution is -0.120. The van der Waals surface area contributed by atoms with E-state index in [-0.39, 0.29) is 17.0 Å². The molecule has 4 nitrogen and oxygen atoms in total. The van der Waals surface area contributed by atoms with E-state index >= 15 is 0 Å². The third-order valence-electron chi connectivity index (χ3n) is 4.85. The largest absolute Gasteiger partial charge is 0.487 e. The summed E-state index contributed by atoms with van der Waals surface area (Å²) in [4.78, 5) is 12.1. The number of carbonyl (C=O) groups excluding carboxylic acids is 1. The average Bonchev–Trinajstić information content (AvgIpc) is 2.97. The quantitative estimate of drug-likeness (QED) is 0.641. The molecule has 1 atom stereocenters. The number of amides is 1. The van der Waals surface area contributed by atoms with Crippen molar-refractivity contribution < 1.29 is 18.7 Å². The number of nitrogens with one attached hydrogen (secondary N) is 1. The molecule has 29 heavy (non-hydrogen) atoms. The molecule has 156 valence electrons. The standard InChI is InChI=1S/C23H27ClFNO3/c1-15(2)28-9-8-26-22(27)12-16-5-7-21-18(10-16)14-23(3,29-21)13-17-4-6-19(24)20(25)11-17/h4-7,10-11,15H,8-9,12-14H2,1-3H3,(H,26,27)/t23-/m1/s1. The average molecular weight is 420 g/mol. The van der Waals surface area contributed by atoms with Crippen molar-refractivity contribution in [1.82, 2.24) is 5.32 Å². The number of benzene rings is 2. The zero-order chi connectivity index (χ0) is 21.0. The molecule has 1 aliphatic rings. The van der Waals surface area contributed by atoms with Crippen LogP contribution < -0.4 is 10.1 Å². The summed E-state index contributed by atoms with van der Waals surface area (Å²) in [5, 5.41) is 2.99. The molecule has 0 fully saturated rings. The third-order valence-corrected chi connectivity index (χ3v) is 5.15. The molecule has 1 aliphatic heterocycles. The van der Waals surface area contributed by atoms with Crippen LogP contribution >= 0.6 is 11.6 Å². The highest BCUT2D eigenvalue weighted by Gasteiger charge is 2.35. The predicted octanol–water partition coefficient (Wildman–Crippen LogP) is 4.50. The first-order valence-corrected chi connectivity index (χ1v) is 10.2. The summed E-state index contributed by atoms with van der Waals surface area (Å²) < 4.78 is 25.3. The van der Waals surface area contributed by atoms with Gasteiger partial charge in [-0.05, 0) is 55.7 Å². The Labute approximate surface area is 176 Å². The minimum absolute atomic E-state index is 0.0318. The molecule has 0 aromatic heterocycles. The van der Waals surface area contributed by atoms with Crippen molar-refractivity contribution in [2.45, 2.75) is 51.7 Å². The number of ether oxygens (including phenoxy) is 2. The van der Waals surface area contributed by atoms with Crippen LogP contribution in [0.15, 0.2) is 36.4 Å². The van der Waals surface area contributed by atoms with Crippen molar-refractivity contribution in [3.8, 4) is 5.75 Å². The van der Waals surface area contributed by atoms with Gasteiger partial charge in [0, 0.05) is 19.4 Å². The SMILES string of the molecule is CC(C)OCCNC(=O)Cc1ccc2c(c1)C[C@@](C)(Cc1ccc(Cl)c(F)c1)O2. The van der Waals surface area contributed by atoms with Gasteiger partial charge in [-0.15, -0.1) is 0 Å². The Hall–Kier alpha value is -2.11. The van der Waals surface area contributed by atoms with Gasteiger partial charge in [0.1, 0.15) is 17.2 Å². The minimum Gasteiger partial charge on any atom is -0.487 e. The van der Waals surface area contributed by atoms with Gasteiger partial charge >= 0.3 is 0 Å². The lowest BCUT2D eigenvalue weighted by Gasteiger charge is -2.24. The summed E-state index contributed by atoms with van der Waals surface area (Å²) in [6.45, 7) is 6.95. The number of rotatable bonds is 8. The summed E-state index contributed by atoms with van der Waals surface area (Å²) in [6.07, 6.45) is 1.74. The maximum absolute atomic E-state index is 13.7. The fraction of sp³-hybridized carbons (Fsp3) is 0.435. The van der Waals surface area contributed by atoms with Crippen LogP contribution in [-0.2, 0) is 28.8 Å². The molecule has 2 aromatic rings. The molecule has 0 aliphatic carbocycles. The van der Waals surface area contributed by atoms with Crippen LogP contribution in [0.2, 0.25) is 5.02 Å². The van der Waals surface area contributed by atoms with Gasteiger partial charge in [0.2, 0.25) is 5.91 Å². The number of hydrogen-bond donors (Lipinski definition) is 1. The Morgan fingerprint density at radius 3 is 2.76 bits per heavy atom. The Morgan fingerprint density at radius 1 is 1.28 bits per heavy atom. The summed E-state index contributed by atoms with van der Waals surface area (Å²) >= 11 is 5.77. The normalized spacial score (nSPS) is 17.9. The van der Waals surface area contributed by atoms with Crippen LogP contribution in [0.5, 0.6) is 5.75 Å². The molecule has 6 heteroatoms. The minimum atomic E-state index is -0.461. The highest BCUT2D eigenvalue weighted by molar-refractivity contribution is 6.30. The first-order chi connectivity index (χ1) is 13.7. The summed E-state index contributed by atoms with van der Waals surface area (Å²) in [5.41, 5.74) is 2.38. The summed E-state index contributed by atoms with van der Waals surface area (Å²) in [5.74, 6) is 0.363. The van der Waals surface area contributed by atoms with Crippen molar-refractivity contribution in [2.24, 2.45) is 0 Å². The summed E-state index contributed by atoms with van der Waals surface area (Å²) in [7, 11) is 0. The predicted molar refractivity (Wildman–Crippen MR) is 112 cm³/mol. The van der Waals surface area contributed by atoms with Crippen molar-refractivity contribution in [1.29, 1.82) is 0 Å². The van der Waals surface area contributed by atoms with Gasteiger partial charge in [0.25, 0.3) is 0 Å². The first-order valence-electron chi connectivity index (χ1n) is 9.87. The van der Waals surface area contributed by atoms with Gasteiger partial charge in [-0.25, -0.2) is 4.39 Å². The smallest absolute Gasteiger partial charge is 0.224 e. The van der Waals surface area contributed by atoms with Gasteiger partial charge in [0.15, 0.2) is 0 Å². The van der Waals surface area contributed by atoms with Gasteiger partial charge in [-0.2, -0.15) is 0 Å². The molecule has 3 rings (SSSR count). The van der Waals surface area contributed by atoms with Crippen molar-refractivity contribution >= 4 is 17.5 Å². The molecule has 1 N–H and O–H groups in total. The molecule has 2 aromatic carbocycles. The monoisotopic (exact) mass is 419 g/mol. The van der Waals surface area contributed by atoms with E-state index in [1.54, 1.807) is 6.07 Å². The number of fused-ring (bicyclic) bond motifs is 1. The molecule has 0 bridgehead atoms. The van der Waals surface area contributed by atoms with E-state index in [0.717, 1.165) is 22.4 Å². The molecule has 1 amide bonds. The van der Waals surface area contributed by atoms with Crippen LogP contribution in [0.3, 0.4) is 0 Å². The number of halogens is 2. The first kappa shape index (κ1) is 21.6. The van der Waals surface area contributed by atoms with Crippen molar-refractivity contribution in [2.75, 3.05) is 13.2 Å². The van der Waals surface area contributed by atoms with Crippen LogP contribution in [0, 0.1) is 5.82 Å². The second-order valence-electron chi connectivity index (χ2n) is 8.04. The maximum Gasteiger partial charge on any atom is 0.224 e. The highest BCUT2D eigenvalue weighted by Crippen LogP contribution is 2.37. The van der Waals surface area contributed by atoms with Gasteiger partial charge < -0.3 is 14.8 Å². The van der Waals surface area contributed by atoms with E-state index < -0.39 is 11.4 Å². The third kappa shape index (κ3) is 5.94. The number of hydrogen-bond acceptors (Lipinski definition) is 3. The van der Waals surface area contributed by atoms with E-state index in [1.165, 1.54) is 6.07 Å². The van der Waals surface area contributed by atoms with E-state index in [0.29, 0.717) is 32.4 Å². The number of carbonyl (C=O) groups is 1. The van der Waals surface area contributed by atoms with Crippen LogP contribution in [0.1, 0.15) is 37.5 Å². The second kappa shape index (κ2) is 9.14. The van der Waals surface area contributed by atoms with E-state index in [1.807, 2.05) is 45.0 Å². The molecular formula is C23H27ClFNO3. The molecule has 1 heterocycles. The Kier molecular flexibility index (Phi) is 6.81. The van der Waals surface area contributed by atoms with E-state index in [2.05, 4.69) is 5.32 Å². The zero-order valence-electron chi connectivity index (χ0n) is 17.1. The molecule has 0 saturated heterocycles. The second-order valence-corrected chi connectivity index (χ2v) is 8.45. The zero-order valence-corrected chi connectivity index (χ0v) is 17.8. The van der Waals surface area contributed by atoms with Crippen LogP contribution in [-0.4, -0.2) is 30.8 Å². The molecule has 0 unspecified atom stereocenters. The molecule has 0 radical (unpaired) electrons. The van der Waals surface area contributed by atoms with Crippen LogP contribution in [0.4, 0.5) is 4.39 Å². The lowest BCUT2D eigenvalue weighted by atomic mass is 9.91. The summed E-state index contributed by atoms with van der Waals surface area (Å²) in [6, 6.07) is 10.7. The van der Waals surface area contributed by atoms with Gasteiger partial charge in [-0.3, -0.25) is 4.79 Å². The van der Waals surface area contributed by atoms with Gasteiger partial charge in [-0.1, -0.05) is 29.8 Å². The maximum atomic E-state index is 13.7. The lowest BCUT2D eigenvalue weighted by Crippen LogP contribution is -2.32. The fourth-order valence-electron chi connectivity index (χ4n) is 3.60. The van der Waals surface area contributed by atoms with Gasteiger partial charge in [0.05, 0.1) is 24.2 Å². The van der Waals surface area contributed by atoms with E-state index in [9.17, 15) is 9.18 Å². The topological polar surface area (TPSA) is 47.6 Å². The molecule has 0 spiro atoms. The molecule has 0 saturated carbocycles. The Balaban J connectivity index is 1.58. The Morgan fingerprint density at radius 2 is 2.03 bits per heavy atom. The molecular weight excluding hydrogens is 393 g/mol. The van der Waals surface area contributed by atoms with Crippen molar-refractivity contribution in [3.05, 3.63) is 63.9 Å². The highest BCUT2D eigenvalue weighted by atomic mass is 35.5. The van der Waals surface area contributed by atoms with Crippen LogP contribution in [0.25, 0.3) is 0 Å². The van der Waals surface area contributed by atoms with E-state index in [4.69, 9.17) is 21.1 Å². The Bertz CT molecular complexity index is 886.